The Balaban J connectivity index is 1.83. The van der Waals surface area contributed by atoms with Crippen LogP contribution in [-0.4, -0.2) is 49.4 Å². The molecule has 0 bridgehead atoms. The van der Waals surface area contributed by atoms with E-state index in [1.165, 1.54) is 12.8 Å². The topological polar surface area (TPSA) is 61.4 Å². The Labute approximate surface area is 102 Å². The molecule has 1 aliphatic heterocycles. The van der Waals surface area contributed by atoms with Gasteiger partial charge in [-0.15, -0.1) is 0 Å². The molecule has 1 unspecified atom stereocenters. The van der Waals surface area contributed by atoms with Crippen molar-refractivity contribution in [3.63, 3.8) is 0 Å². The van der Waals surface area contributed by atoms with Crippen LogP contribution in [0.1, 0.15) is 26.2 Å². The second-order valence-electron chi connectivity index (χ2n) is 5.36. The fourth-order valence-corrected chi connectivity index (χ4v) is 2.29. The highest BCUT2D eigenvalue weighted by atomic mass is 16.2. The van der Waals surface area contributed by atoms with Gasteiger partial charge in [0.05, 0.1) is 12.0 Å². The number of amides is 2. The van der Waals surface area contributed by atoms with Gasteiger partial charge in [-0.2, -0.15) is 0 Å². The fourth-order valence-electron chi connectivity index (χ4n) is 2.29. The minimum absolute atomic E-state index is 0.0305. The molecular formula is C12H21N3O2. The van der Waals surface area contributed by atoms with Gasteiger partial charge in [0.2, 0.25) is 11.8 Å². The summed E-state index contributed by atoms with van der Waals surface area (Å²) < 4.78 is 0. The zero-order valence-electron chi connectivity index (χ0n) is 10.6. The van der Waals surface area contributed by atoms with Gasteiger partial charge in [0.25, 0.3) is 0 Å². The molecule has 0 aromatic heterocycles. The van der Waals surface area contributed by atoms with Gasteiger partial charge in [-0.1, -0.05) is 0 Å². The molecule has 5 heteroatoms. The third kappa shape index (κ3) is 2.77. The largest absolute Gasteiger partial charge is 0.359 e. The summed E-state index contributed by atoms with van der Waals surface area (Å²) in [6.07, 6.45) is 3.12. The number of nitrogens with zero attached hydrogens (tertiary/aromatic N) is 1. The first-order valence-corrected chi connectivity index (χ1v) is 6.28. The molecule has 1 heterocycles. The maximum Gasteiger partial charge on any atom is 0.236 e. The van der Waals surface area contributed by atoms with Crippen LogP contribution in [0.25, 0.3) is 0 Å². The predicted octanol–water partition coefficient (Wildman–Crippen LogP) is -0.277. The molecule has 2 amide bonds. The maximum atomic E-state index is 11.9. The first-order valence-electron chi connectivity index (χ1n) is 6.28. The van der Waals surface area contributed by atoms with E-state index in [9.17, 15) is 9.59 Å². The fraction of sp³-hybridized carbons (Fsp3) is 0.833. The van der Waals surface area contributed by atoms with Crippen LogP contribution in [0, 0.1) is 5.41 Å². The van der Waals surface area contributed by atoms with Gasteiger partial charge < -0.3 is 15.5 Å². The van der Waals surface area contributed by atoms with Gasteiger partial charge in [-0.3, -0.25) is 9.59 Å². The average molecular weight is 239 g/mol. The molecule has 1 saturated heterocycles. The minimum atomic E-state index is -0.413. The van der Waals surface area contributed by atoms with Crippen molar-refractivity contribution >= 4 is 11.8 Å². The molecule has 96 valence electrons. The molecule has 2 rings (SSSR count). The summed E-state index contributed by atoms with van der Waals surface area (Å²) in [5.41, 5.74) is -0.413. The number of likely N-dealkylation sites (tertiary alicyclic amines) is 1. The number of hydrogen-bond donors (Lipinski definition) is 2. The molecule has 2 N–H and O–H groups in total. The summed E-state index contributed by atoms with van der Waals surface area (Å²) in [5, 5.41) is 5.89. The third-order valence-electron chi connectivity index (χ3n) is 3.72. The summed E-state index contributed by atoms with van der Waals surface area (Å²) >= 11 is 0. The van der Waals surface area contributed by atoms with Crippen LogP contribution in [0.5, 0.6) is 0 Å². The summed E-state index contributed by atoms with van der Waals surface area (Å²) in [6, 6.07) is 0.548. The lowest BCUT2D eigenvalue weighted by atomic mass is 9.89. The zero-order chi connectivity index (χ0) is 12.5. The molecular weight excluding hydrogens is 218 g/mol. The Morgan fingerprint density at radius 2 is 2.12 bits per heavy atom. The van der Waals surface area contributed by atoms with Crippen molar-refractivity contribution in [3.05, 3.63) is 0 Å². The zero-order valence-corrected chi connectivity index (χ0v) is 10.6. The van der Waals surface area contributed by atoms with Crippen molar-refractivity contribution in [1.82, 2.24) is 15.5 Å². The summed E-state index contributed by atoms with van der Waals surface area (Å²) in [6.45, 7) is 3.56. The van der Waals surface area contributed by atoms with E-state index < -0.39 is 5.41 Å². The molecule has 0 aromatic carbocycles. The van der Waals surface area contributed by atoms with Gasteiger partial charge in [0.15, 0.2) is 0 Å². The van der Waals surface area contributed by atoms with Crippen molar-refractivity contribution in [2.45, 2.75) is 32.2 Å². The predicted molar refractivity (Wildman–Crippen MR) is 64.4 cm³/mol. The van der Waals surface area contributed by atoms with Crippen molar-refractivity contribution in [1.29, 1.82) is 0 Å². The van der Waals surface area contributed by atoms with Crippen LogP contribution in [0.2, 0.25) is 0 Å². The summed E-state index contributed by atoms with van der Waals surface area (Å²) in [5.74, 6) is 0.146. The Morgan fingerprint density at radius 3 is 2.71 bits per heavy atom. The normalized spacial score (nSPS) is 28.2. The molecule has 1 aliphatic carbocycles. The number of carbonyl (C=O) groups excluding carboxylic acids is 2. The van der Waals surface area contributed by atoms with Gasteiger partial charge in [-0.25, -0.2) is 0 Å². The summed E-state index contributed by atoms with van der Waals surface area (Å²) in [4.78, 5) is 25.4. The second kappa shape index (κ2) is 4.64. The highest BCUT2D eigenvalue weighted by molar-refractivity contribution is 5.85. The lowest BCUT2D eigenvalue weighted by Crippen LogP contribution is -2.42. The number of rotatable bonds is 4. The van der Waals surface area contributed by atoms with Gasteiger partial charge >= 0.3 is 0 Å². The van der Waals surface area contributed by atoms with Crippen molar-refractivity contribution in [2.24, 2.45) is 5.41 Å². The van der Waals surface area contributed by atoms with E-state index in [1.807, 2.05) is 6.92 Å². The van der Waals surface area contributed by atoms with Crippen LogP contribution >= 0.6 is 0 Å². The molecule has 1 saturated carbocycles. The highest BCUT2D eigenvalue weighted by Crippen LogP contribution is 2.30. The first kappa shape index (κ1) is 12.4. The third-order valence-corrected chi connectivity index (χ3v) is 3.72. The molecule has 0 spiro atoms. The van der Waals surface area contributed by atoms with Crippen molar-refractivity contribution in [2.75, 3.05) is 26.7 Å². The molecule has 17 heavy (non-hydrogen) atoms. The van der Waals surface area contributed by atoms with E-state index in [-0.39, 0.29) is 11.8 Å². The van der Waals surface area contributed by atoms with E-state index >= 15 is 0 Å². The minimum Gasteiger partial charge on any atom is -0.359 e. The van der Waals surface area contributed by atoms with Gasteiger partial charge in [-0.05, 0) is 26.2 Å². The number of carbonyl (C=O) groups is 2. The summed E-state index contributed by atoms with van der Waals surface area (Å²) in [7, 11) is 1.65. The van der Waals surface area contributed by atoms with E-state index in [0.717, 1.165) is 6.42 Å². The van der Waals surface area contributed by atoms with E-state index in [4.69, 9.17) is 0 Å². The lowest BCUT2D eigenvalue weighted by molar-refractivity contribution is -0.132. The smallest absolute Gasteiger partial charge is 0.236 e. The van der Waals surface area contributed by atoms with E-state index in [1.54, 1.807) is 11.9 Å². The Kier molecular flexibility index (Phi) is 3.38. The highest BCUT2D eigenvalue weighted by Gasteiger charge is 2.41. The number of nitrogens with one attached hydrogen (secondary N) is 2. The van der Waals surface area contributed by atoms with Gasteiger partial charge in [0, 0.05) is 26.2 Å². The molecule has 1 atom stereocenters. The van der Waals surface area contributed by atoms with Crippen LogP contribution in [-0.2, 0) is 9.59 Å². The molecule has 2 fully saturated rings. The Bertz CT molecular complexity index is 328. The van der Waals surface area contributed by atoms with Crippen LogP contribution in [0.3, 0.4) is 0 Å². The van der Waals surface area contributed by atoms with Crippen LogP contribution < -0.4 is 10.6 Å². The quantitative estimate of drug-likeness (QED) is 0.709. The maximum absolute atomic E-state index is 11.9. The average Bonchev–Trinajstić information content (AvgIpc) is 3.07. The Hall–Kier alpha value is -1.10. The molecule has 5 nitrogen and oxygen atoms in total. The van der Waals surface area contributed by atoms with E-state index in [2.05, 4.69) is 10.6 Å². The lowest BCUT2D eigenvalue weighted by Gasteiger charge is -2.22. The SMILES string of the molecule is CNC(=O)C1(C)CCN(C(=O)CNC2CC2)C1. The van der Waals surface area contributed by atoms with Crippen molar-refractivity contribution in [3.8, 4) is 0 Å². The Morgan fingerprint density at radius 1 is 1.41 bits per heavy atom. The molecule has 0 aromatic rings. The van der Waals surface area contributed by atoms with E-state index in [0.29, 0.717) is 25.7 Å². The molecule has 2 aliphatic rings. The monoisotopic (exact) mass is 239 g/mol. The molecule has 0 radical (unpaired) electrons. The second-order valence-corrected chi connectivity index (χ2v) is 5.36. The standard InChI is InChI=1S/C12H21N3O2/c1-12(11(17)13-2)5-6-15(8-12)10(16)7-14-9-3-4-9/h9,14H,3-8H2,1-2H3,(H,13,17). The van der Waals surface area contributed by atoms with Gasteiger partial charge in [0.1, 0.15) is 0 Å². The number of hydrogen-bond acceptors (Lipinski definition) is 3. The van der Waals surface area contributed by atoms with Crippen LogP contribution in [0.15, 0.2) is 0 Å². The van der Waals surface area contributed by atoms with Crippen LogP contribution in [0.4, 0.5) is 0 Å². The first-order chi connectivity index (χ1) is 8.05. The van der Waals surface area contributed by atoms with Crippen molar-refractivity contribution < 1.29 is 9.59 Å².